The summed E-state index contributed by atoms with van der Waals surface area (Å²) < 4.78 is 5.44. The van der Waals surface area contributed by atoms with Crippen LogP contribution in [0.15, 0.2) is 60.7 Å². The third-order valence-electron chi connectivity index (χ3n) is 6.65. The predicted octanol–water partition coefficient (Wildman–Crippen LogP) is 3.01. The SMILES string of the molecule is O=C(Oc1ccc(N2C(=O)[C@H]3CC=CC[C@H]3C2=O)cc1)[C@H]1CC(=O)N(c2ccc([N+](=O)[O-])cc2)C1. The lowest BCUT2D eigenvalue weighted by Crippen LogP contribution is -2.30. The lowest BCUT2D eigenvalue weighted by atomic mass is 9.85. The molecule has 0 saturated carbocycles. The van der Waals surface area contributed by atoms with E-state index in [4.69, 9.17) is 4.74 Å². The Bertz CT molecular complexity index is 1230. The van der Waals surface area contributed by atoms with Crippen molar-refractivity contribution in [3.8, 4) is 5.75 Å². The van der Waals surface area contributed by atoms with Gasteiger partial charge < -0.3 is 9.64 Å². The summed E-state index contributed by atoms with van der Waals surface area (Å²) in [4.78, 5) is 63.5. The average molecular weight is 475 g/mol. The van der Waals surface area contributed by atoms with Crippen LogP contribution in [0.25, 0.3) is 0 Å². The molecule has 3 atom stereocenters. The van der Waals surface area contributed by atoms with Gasteiger partial charge in [-0.05, 0) is 49.2 Å². The molecule has 3 aliphatic rings. The van der Waals surface area contributed by atoms with Crippen LogP contribution < -0.4 is 14.5 Å². The average Bonchev–Trinajstić information content (AvgIpc) is 3.37. The molecule has 2 aromatic rings. The Labute approximate surface area is 199 Å². The van der Waals surface area contributed by atoms with Gasteiger partial charge in [0, 0.05) is 30.8 Å². The highest BCUT2D eigenvalue weighted by molar-refractivity contribution is 6.22. The monoisotopic (exact) mass is 475 g/mol. The molecular formula is C25H21N3O7. The van der Waals surface area contributed by atoms with Crippen LogP contribution in [0.5, 0.6) is 5.75 Å². The van der Waals surface area contributed by atoms with Gasteiger partial charge in [-0.2, -0.15) is 0 Å². The third-order valence-corrected chi connectivity index (χ3v) is 6.65. The Balaban J connectivity index is 1.23. The van der Waals surface area contributed by atoms with Crippen molar-refractivity contribution >= 4 is 40.8 Å². The number of anilines is 2. The number of carbonyl (C=O) groups is 4. The van der Waals surface area contributed by atoms with Crippen LogP contribution >= 0.6 is 0 Å². The van der Waals surface area contributed by atoms with Gasteiger partial charge in [-0.15, -0.1) is 0 Å². The van der Waals surface area contributed by atoms with E-state index >= 15 is 0 Å². The largest absolute Gasteiger partial charge is 0.426 e. The molecule has 2 heterocycles. The number of non-ortho nitro benzene ring substituents is 1. The number of nitrogens with zero attached hydrogens (tertiary/aromatic N) is 3. The van der Waals surface area contributed by atoms with E-state index in [0.717, 1.165) is 0 Å². The van der Waals surface area contributed by atoms with Crippen LogP contribution in [0.1, 0.15) is 19.3 Å². The molecule has 5 rings (SSSR count). The first-order valence-corrected chi connectivity index (χ1v) is 11.2. The van der Waals surface area contributed by atoms with Gasteiger partial charge in [0.15, 0.2) is 0 Å². The van der Waals surface area contributed by atoms with E-state index in [1.807, 2.05) is 12.2 Å². The summed E-state index contributed by atoms with van der Waals surface area (Å²) in [6.07, 6.45) is 4.92. The second-order valence-corrected chi connectivity index (χ2v) is 8.76. The minimum atomic E-state index is -0.699. The van der Waals surface area contributed by atoms with Crippen molar-refractivity contribution in [2.75, 3.05) is 16.3 Å². The maximum absolute atomic E-state index is 12.7. The molecule has 2 fully saturated rings. The fourth-order valence-corrected chi connectivity index (χ4v) is 4.79. The van der Waals surface area contributed by atoms with Crippen LogP contribution in [0.3, 0.4) is 0 Å². The second-order valence-electron chi connectivity index (χ2n) is 8.76. The molecule has 3 amide bonds. The highest BCUT2D eigenvalue weighted by Gasteiger charge is 2.47. The molecule has 1 aliphatic carbocycles. The zero-order valence-electron chi connectivity index (χ0n) is 18.5. The maximum atomic E-state index is 12.7. The van der Waals surface area contributed by atoms with E-state index in [2.05, 4.69) is 0 Å². The predicted molar refractivity (Wildman–Crippen MR) is 123 cm³/mol. The lowest BCUT2D eigenvalue weighted by Gasteiger charge is -2.17. The molecule has 0 radical (unpaired) electrons. The number of imide groups is 1. The Morgan fingerprint density at radius 2 is 1.46 bits per heavy atom. The molecule has 2 saturated heterocycles. The number of benzene rings is 2. The van der Waals surface area contributed by atoms with Gasteiger partial charge in [0.25, 0.3) is 5.69 Å². The Morgan fingerprint density at radius 3 is 2.03 bits per heavy atom. The number of esters is 1. The topological polar surface area (TPSA) is 127 Å². The minimum absolute atomic E-state index is 0.0402. The van der Waals surface area contributed by atoms with E-state index in [1.165, 1.54) is 46.2 Å². The first-order chi connectivity index (χ1) is 16.8. The fraction of sp³-hybridized carbons (Fsp3) is 0.280. The number of hydrogen-bond acceptors (Lipinski definition) is 7. The number of allylic oxidation sites excluding steroid dienone is 2. The van der Waals surface area contributed by atoms with E-state index in [9.17, 15) is 29.3 Å². The Morgan fingerprint density at radius 1 is 0.886 bits per heavy atom. The summed E-state index contributed by atoms with van der Waals surface area (Å²) in [5, 5.41) is 10.8. The first kappa shape index (κ1) is 22.5. The zero-order chi connectivity index (χ0) is 24.7. The summed E-state index contributed by atoms with van der Waals surface area (Å²) in [6, 6.07) is 11.7. The van der Waals surface area contributed by atoms with Crippen molar-refractivity contribution in [3.63, 3.8) is 0 Å². The van der Waals surface area contributed by atoms with Crippen molar-refractivity contribution in [2.45, 2.75) is 19.3 Å². The molecule has 2 aliphatic heterocycles. The fourth-order valence-electron chi connectivity index (χ4n) is 4.79. The molecule has 0 spiro atoms. The highest BCUT2D eigenvalue weighted by atomic mass is 16.6. The third kappa shape index (κ3) is 4.07. The zero-order valence-corrected chi connectivity index (χ0v) is 18.5. The van der Waals surface area contributed by atoms with E-state index in [1.54, 1.807) is 12.1 Å². The normalized spacial score (nSPS) is 23.5. The highest BCUT2D eigenvalue weighted by Crippen LogP contribution is 2.38. The lowest BCUT2D eigenvalue weighted by molar-refractivity contribution is -0.384. The molecule has 0 N–H and O–H groups in total. The van der Waals surface area contributed by atoms with E-state index < -0.39 is 16.8 Å². The van der Waals surface area contributed by atoms with Gasteiger partial charge in [0.2, 0.25) is 17.7 Å². The van der Waals surface area contributed by atoms with Crippen LogP contribution in [0.4, 0.5) is 17.1 Å². The molecule has 0 aromatic heterocycles. The Hall–Kier alpha value is -4.34. The Kier molecular flexibility index (Phi) is 5.64. The number of rotatable bonds is 5. The maximum Gasteiger partial charge on any atom is 0.316 e. The molecule has 2 aromatic carbocycles. The number of nitro groups is 1. The molecule has 35 heavy (non-hydrogen) atoms. The molecule has 10 heteroatoms. The number of nitro benzene ring substituents is 1. The van der Waals surface area contributed by atoms with Crippen molar-refractivity contribution in [1.82, 2.24) is 0 Å². The van der Waals surface area contributed by atoms with Crippen molar-refractivity contribution in [2.24, 2.45) is 17.8 Å². The molecule has 0 bridgehead atoms. The summed E-state index contributed by atoms with van der Waals surface area (Å²) >= 11 is 0. The number of ether oxygens (including phenoxy) is 1. The molecule has 178 valence electrons. The van der Waals surface area contributed by atoms with E-state index in [-0.39, 0.29) is 54.0 Å². The van der Waals surface area contributed by atoms with Crippen LogP contribution in [0, 0.1) is 27.9 Å². The number of fused-ring (bicyclic) bond motifs is 1. The van der Waals surface area contributed by atoms with Crippen LogP contribution in [-0.4, -0.2) is 35.2 Å². The second kappa shape index (κ2) is 8.79. The van der Waals surface area contributed by atoms with Gasteiger partial charge in [0.1, 0.15) is 5.75 Å². The van der Waals surface area contributed by atoms with Crippen LogP contribution in [0.2, 0.25) is 0 Å². The quantitative estimate of drug-likeness (QED) is 0.162. The summed E-state index contributed by atoms with van der Waals surface area (Å²) in [7, 11) is 0. The smallest absolute Gasteiger partial charge is 0.316 e. The standard InChI is InChI=1S/C25H21N3O7/c29-22-13-15(14-26(22)16-5-7-18(8-6-16)28(33)34)25(32)35-19-11-9-17(10-12-19)27-23(30)20-3-1-2-4-21(20)24(27)31/h1-2,5-12,15,20-21H,3-4,13-14H2/t15-,20-,21+/m0/s1. The van der Waals surface area contributed by atoms with Crippen molar-refractivity contribution in [1.29, 1.82) is 0 Å². The molecular weight excluding hydrogens is 454 g/mol. The van der Waals surface area contributed by atoms with Crippen molar-refractivity contribution < 1.29 is 28.8 Å². The first-order valence-electron chi connectivity index (χ1n) is 11.2. The number of hydrogen-bond donors (Lipinski definition) is 0. The van der Waals surface area contributed by atoms with E-state index in [0.29, 0.717) is 24.2 Å². The molecule has 10 nitrogen and oxygen atoms in total. The summed E-state index contributed by atoms with van der Waals surface area (Å²) in [5.74, 6) is -2.42. The van der Waals surface area contributed by atoms with Gasteiger partial charge in [-0.1, -0.05) is 12.2 Å². The van der Waals surface area contributed by atoms with Crippen LogP contribution in [-0.2, 0) is 19.2 Å². The minimum Gasteiger partial charge on any atom is -0.426 e. The molecule has 0 unspecified atom stereocenters. The van der Waals surface area contributed by atoms with Gasteiger partial charge >= 0.3 is 5.97 Å². The van der Waals surface area contributed by atoms with Gasteiger partial charge in [-0.25, -0.2) is 0 Å². The summed E-state index contributed by atoms with van der Waals surface area (Å²) in [6.45, 7) is 0.0984. The number of amides is 3. The van der Waals surface area contributed by atoms with Gasteiger partial charge in [-0.3, -0.25) is 34.2 Å². The summed E-state index contributed by atoms with van der Waals surface area (Å²) in [5.41, 5.74) is 0.804. The number of carbonyl (C=O) groups excluding carboxylic acids is 4. The van der Waals surface area contributed by atoms with Crippen molar-refractivity contribution in [3.05, 3.63) is 70.8 Å². The van der Waals surface area contributed by atoms with Gasteiger partial charge in [0.05, 0.1) is 28.4 Å².